The molecule has 2 N–H and O–H groups in total. The zero-order valence-electron chi connectivity index (χ0n) is 9.79. The first kappa shape index (κ1) is 12.4. The van der Waals surface area contributed by atoms with E-state index in [1.165, 1.54) is 0 Å². The van der Waals surface area contributed by atoms with Crippen LogP contribution in [0.2, 0.25) is 0 Å². The minimum Gasteiger partial charge on any atom is -0.399 e. The Balaban J connectivity index is 2.10. The van der Waals surface area contributed by atoms with Gasteiger partial charge in [-0.3, -0.25) is 4.79 Å². The first-order valence-corrected chi connectivity index (χ1v) is 6.78. The van der Waals surface area contributed by atoms with Gasteiger partial charge in [-0.15, -0.1) is 0 Å². The van der Waals surface area contributed by atoms with Gasteiger partial charge in [0, 0.05) is 29.7 Å². The number of nitrogens with two attached hydrogens (primary N) is 1. The Morgan fingerprint density at radius 2 is 2.12 bits per heavy atom. The second-order valence-electron chi connectivity index (χ2n) is 4.48. The van der Waals surface area contributed by atoms with Crippen LogP contribution in [0.15, 0.2) is 22.7 Å². The first-order chi connectivity index (χ1) is 8.16. The van der Waals surface area contributed by atoms with E-state index in [1.54, 1.807) is 0 Å². The number of likely N-dealkylation sites (tertiary alicyclic amines) is 1. The van der Waals surface area contributed by atoms with Gasteiger partial charge in [0.15, 0.2) is 0 Å². The summed E-state index contributed by atoms with van der Waals surface area (Å²) in [7, 11) is 0. The summed E-state index contributed by atoms with van der Waals surface area (Å²) in [6, 6.07) is 5.75. The summed E-state index contributed by atoms with van der Waals surface area (Å²) in [4.78, 5) is 13.8. The number of nitrogen functional groups attached to an aromatic ring is 1. The number of carbonyl (C=O) groups excluding carboxylic acids is 1. The fourth-order valence-electron chi connectivity index (χ4n) is 2.10. The summed E-state index contributed by atoms with van der Waals surface area (Å²) in [5.74, 6) is 0.270. The zero-order valence-corrected chi connectivity index (χ0v) is 11.4. The number of nitrogens with zero attached hydrogens (tertiary/aromatic N) is 1. The van der Waals surface area contributed by atoms with Gasteiger partial charge in [0.2, 0.25) is 5.91 Å². The maximum Gasteiger partial charge on any atom is 0.222 e. The smallest absolute Gasteiger partial charge is 0.222 e. The standard InChI is InChI=1S/C13H17BrN2O/c14-12-8-11(15)6-5-10(12)9-16-7-3-1-2-4-13(16)17/h5-6,8H,1-4,7,9,15H2. The van der Waals surface area contributed by atoms with Gasteiger partial charge < -0.3 is 10.6 Å². The number of hydrogen-bond donors (Lipinski definition) is 1. The number of rotatable bonds is 2. The van der Waals surface area contributed by atoms with Crippen LogP contribution in [0.4, 0.5) is 5.69 Å². The predicted molar refractivity (Wildman–Crippen MR) is 72.4 cm³/mol. The molecule has 0 spiro atoms. The molecule has 1 aliphatic rings. The van der Waals surface area contributed by atoms with Crippen molar-refractivity contribution in [1.82, 2.24) is 4.90 Å². The number of halogens is 1. The fraction of sp³-hybridized carbons (Fsp3) is 0.462. The number of hydrogen-bond acceptors (Lipinski definition) is 2. The summed E-state index contributed by atoms with van der Waals surface area (Å²) in [5, 5.41) is 0. The SMILES string of the molecule is Nc1ccc(CN2CCCCCC2=O)c(Br)c1. The van der Waals surface area contributed by atoms with Gasteiger partial charge in [-0.25, -0.2) is 0 Å². The summed E-state index contributed by atoms with van der Waals surface area (Å²) >= 11 is 3.50. The molecule has 1 heterocycles. The molecule has 3 nitrogen and oxygen atoms in total. The predicted octanol–water partition coefficient (Wildman–Crippen LogP) is 2.93. The Hall–Kier alpha value is -1.03. The summed E-state index contributed by atoms with van der Waals surface area (Å²) in [6.07, 6.45) is 3.98. The molecular formula is C13H17BrN2O. The fourth-order valence-corrected chi connectivity index (χ4v) is 2.63. The maximum atomic E-state index is 11.9. The van der Waals surface area contributed by atoms with E-state index in [2.05, 4.69) is 15.9 Å². The highest BCUT2D eigenvalue weighted by atomic mass is 79.9. The van der Waals surface area contributed by atoms with Crippen LogP contribution in [0.1, 0.15) is 31.2 Å². The molecule has 1 saturated heterocycles. The Bertz CT molecular complexity index is 420. The van der Waals surface area contributed by atoms with E-state index in [0.717, 1.165) is 41.5 Å². The van der Waals surface area contributed by atoms with Crippen LogP contribution in [0, 0.1) is 0 Å². The van der Waals surface area contributed by atoms with Crippen LogP contribution in [0.25, 0.3) is 0 Å². The van der Waals surface area contributed by atoms with Crippen LogP contribution in [0.5, 0.6) is 0 Å². The van der Waals surface area contributed by atoms with Crippen molar-refractivity contribution in [2.24, 2.45) is 0 Å². The normalized spacial score (nSPS) is 17.0. The number of anilines is 1. The third-order valence-electron chi connectivity index (χ3n) is 3.11. The number of amides is 1. The highest BCUT2D eigenvalue weighted by Crippen LogP contribution is 2.23. The maximum absolute atomic E-state index is 11.9. The Morgan fingerprint density at radius 3 is 2.88 bits per heavy atom. The van der Waals surface area contributed by atoms with Gasteiger partial charge in [-0.1, -0.05) is 28.4 Å². The van der Waals surface area contributed by atoms with Gasteiger partial charge in [0.05, 0.1) is 0 Å². The lowest BCUT2D eigenvalue weighted by molar-refractivity contribution is -0.131. The molecule has 1 amide bonds. The second kappa shape index (κ2) is 5.54. The largest absolute Gasteiger partial charge is 0.399 e. The van der Waals surface area contributed by atoms with Gasteiger partial charge in [0.1, 0.15) is 0 Å². The van der Waals surface area contributed by atoms with Gasteiger partial charge in [0.25, 0.3) is 0 Å². The van der Waals surface area contributed by atoms with Crippen molar-refractivity contribution in [2.75, 3.05) is 12.3 Å². The molecule has 0 aliphatic carbocycles. The molecule has 0 unspecified atom stereocenters. The molecule has 92 valence electrons. The van der Waals surface area contributed by atoms with E-state index in [9.17, 15) is 4.79 Å². The monoisotopic (exact) mass is 296 g/mol. The minimum atomic E-state index is 0.270. The molecule has 1 aliphatic heterocycles. The lowest BCUT2D eigenvalue weighted by Crippen LogP contribution is -2.29. The molecule has 0 aromatic heterocycles. The van der Waals surface area contributed by atoms with E-state index in [4.69, 9.17) is 5.73 Å². The second-order valence-corrected chi connectivity index (χ2v) is 5.33. The van der Waals surface area contributed by atoms with E-state index in [0.29, 0.717) is 13.0 Å². The molecular weight excluding hydrogens is 280 g/mol. The first-order valence-electron chi connectivity index (χ1n) is 5.98. The van der Waals surface area contributed by atoms with Crippen molar-refractivity contribution >= 4 is 27.5 Å². The van der Waals surface area contributed by atoms with Crippen molar-refractivity contribution in [3.63, 3.8) is 0 Å². The van der Waals surface area contributed by atoms with Crippen molar-refractivity contribution in [3.05, 3.63) is 28.2 Å². The number of benzene rings is 1. The van der Waals surface area contributed by atoms with Crippen molar-refractivity contribution in [1.29, 1.82) is 0 Å². The minimum absolute atomic E-state index is 0.270. The van der Waals surface area contributed by atoms with Crippen LogP contribution in [-0.2, 0) is 11.3 Å². The Morgan fingerprint density at radius 1 is 1.29 bits per heavy atom. The van der Waals surface area contributed by atoms with Crippen LogP contribution < -0.4 is 5.73 Å². The quantitative estimate of drug-likeness (QED) is 0.853. The van der Waals surface area contributed by atoms with Gasteiger partial charge >= 0.3 is 0 Å². The van der Waals surface area contributed by atoms with Crippen molar-refractivity contribution in [3.8, 4) is 0 Å². The topological polar surface area (TPSA) is 46.3 Å². The van der Waals surface area contributed by atoms with Crippen LogP contribution in [0.3, 0.4) is 0 Å². The molecule has 4 heteroatoms. The highest BCUT2D eigenvalue weighted by Gasteiger charge is 2.17. The average molecular weight is 297 g/mol. The third-order valence-corrected chi connectivity index (χ3v) is 3.85. The molecule has 1 aromatic carbocycles. The van der Waals surface area contributed by atoms with Crippen molar-refractivity contribution < 1.29 is 4.79 Å². The molecule has 2 rings (SSSR count). The Kier molecular flexibility index (Phi) is 4.05. The van der Waals surface area contributed by atoms with Crippen LogP contribution in [-0.4, -0.2) is 17.4 Å². The lowest BCUT2D eigenvalue weighted by atomic mass is 10.2. The van der Waals surface area contributed by atoms with Crippen molar-refractivity contribution in [2.45, 2.75) is 32.2 Å². The van der Waals surface area contributed by atoms with Crippen LogP contribution >= 0.6 is 15.9 Å². The summed E-state index contributed by atoms with van der Waals surface area (Å²) in [5.41, 5.74) is 7.56. The van der Waals surface area contributed by atoms with E-state index in [-0.39, 0.29) is 5.91 Å². The Labute approximate surface area is 110 Å². The molecule has 1 aromatic rings. The lowest BCUT2D eigenvalue weighted by Gasteiger charge is -2.21. The van der Waals surface area contributed by atoms with Gasteiger partial charge in [-0.05, 0) is 30.5 Å². The average Bonchev–Trinajstić information content (AvgIpc) is 2.48. The number of carbonyl (C=O) groups is 1. The highest BCUT2D eigenvalue weighted by molar-refractivity contribution is 9.10. The zero-order chi connectivity index (χ0) is 12.3. The molecule has 0 radical (unpaired) electrons. The van der Waals surface area contributed by atoms with Gasteiger partial charge in [-0.2, -0.15) is 0 Å². The third kappa shape index (κ3) is 3.22. The molecule has 17 heavy (non-hydrogen) atoms. The summed E-state index contributed by atoms with van der Waals surface area (Å²) in [6.45, 7) is 1.55. The van der Waals surface area contributed by atoms with E-state index < -0.39 is 0 Å². The molecule has 0 bridgehead atoms. The molecule has 0 saturated carbocycles. The van der Waals surface area contributed by atoms with E-state index in [1.807, 2.05) is 23.1 Å². The molecule has 0 atom stereocenters. The van der Waals surface area contributed by atoms with E-state index >= 15 is 0 Å². The summed E-state index contributed by atoms with van der Waals surface area (Å²) < 4.78 is 0.981. The molecule has 1 fully saturated rings.